The van der Waals surface area contributed by atoms with E-state index in [1.54, 1.807) is 30.3 Å². The molecule has 0 radical (unpaired) electrons. The van der Waals surface area contributed by atoms with Gasteiger partial charge in [-0.3, -0.25) is 0 Å². The van der Waals surface area contributed by atoms with Gasteiger partial charge in [-0.15, -0.1) is 0 Å². The van der Waals surface area contributed by atoms with Gasteiger partial charge in [0.15, 0.2) is 5.70 Å². The van der Waals surface area contributed by atoms with Crippen LogP contribution < -0.4 is 4.90 Å². The molecule has 0 saturated carbocycles. The Bertz CT molecular complexity index is 849. The lowest BCUT2D eigenvalue weighted by Crippen LogP contribution is -2.24. The van der Waals surface area contributed by atoms with Crippen molar-refractivity contribution >= 4 is 35.2 Å². The smallest absolute Gasteiger partial charge is 0.363 e. The monoisotopic (exact) mass is 382 g/mol. The average molecular weight is 383 g/mol. The minimum atomic E-state index is -0.442. The molecule has 0 saturated heterocycles. The quantitative estimate of drug-likeness (QED) is 0.481. The highest BCUT2D eigenvalue weighted by atomic mass is 35.5. The largest absolute Gasteiger partial charge is 0.402 e. The number of rotatable bonds is 7. The van der Waals surface area contributed by atoms with Gasteiger partial charge in [-0.05, 0) is 60.9 Å². The third kappa shape index (κ3) is 4.77. The van der Waals surface area contributed by atoms with Crippen molar-refractivity contribution in [1.29, 1.82) is 0 Å². The number of hydrogen-bond acceptors (Lipinski definition) is 4. The third-order valence-corrected chi connectivity index (χ3v) is 4.51. The van der Waals surface area contributed by atoms with Crippen molar-refractivity contribution < 1.29 is 9.53 Å². The van der Waals surface area contributed by atoms with Gasteiger partial charge in [0.2, 0.25) is 5.90 Å². The number of ether oxygens (including phenoxy) is 1. The van der Waals surface area contributed by atoms with E-state index in [-0.39, 0.29) is 0 Å². The molecule has 0 N–H and O–H groups in total. The fraction of sp³-hybridized carbons (Fsp3) is 0.273. The van der Waals surface area contributed by atoms with E-state index in [9.17, 15) is 4.79 Å². The maximum absolute atomic E-state index is 12.1. The van der Waals surface area contributed by atoms with E-state index in [2.05, 4.69) is 35.9 Å². The van der Waals surface area contributed by atoms with Crippen LogP contribution in [0.25, 0.3) is 6.08 Å². The van der Waals surface area contributed by atoms with E-state index in [0.29, 0.717) is 16.6 Å². The average Bonchev–Trinajstić information content (AvgIpc) is 3.03. The molecular weight excluding hydrogens is 360 g/mol. The fourth-order valence-electron chi connectivity index (χ4n) is 2.97. The molecule has 0 atom stereocenters. The Morgan fingerprint density at radius 3 is 2.22 bits per heavy atom. The zero-order valence-electron chi connectivity index (χ0n) is 15.6. The second kappa shape index (κ2) is 8.87. The maximum Gasteiger partial charge on any atom is 0.363 e. The van der Waals surface area contributed by atoms with Crippen molar-refractivity contribution in [2.24, 2.45) is 4.99 Å². The Morgan fingerprint density at radius 2 is 1.63 bits per heavy atom. The molecule has 2 aromatic carbocycles. The van der Waals surface area contributed by atoms with Crippen molar-refractivity contribution in [3.05, 3.63) is 70.4 Å². The van der Waals surface area contributed by atoms with Crippen molar-refractivity contribution in [2.75, 3.05) is 18.0 Å². The minimum absolute atomic E-state index is 0.298. The molecular formula is C22H23ClN2O2. The van der Waals surface area contributed by atoms with E-state index in [0.717, 1.165) is 37.1 Å². The van der Waals surface area contributed by atoms with Crippen LogP contribution in [0.15, 0.2) is 59.2 Å². The van der Waals surface area contributed by atoms with Gasteiger partial charge in [0, 0.05) is 29.4 Å². The number of esters is 1. The first-order chi connectivity index (χ1) is 13.1. The number of aliphatic imine (C=N–C) groups is 1. The van der Waals surface area contributed by atoms with Gasteiger partial charge in [-0.25, -0.2) is 9.79 Å². The molecule has 0 fully saturated rings. The number of nitrogens with zero attached hydrogens (tertiary/aromatic N) is 2. The summed E-state index contributed by atoms with van der Waals surface area (Å²) in [5.41, 5.74) is 3.13. The Hall–Kier alpha value is -2.59. The topological polar surface area (TPSA) is 41.9 Å². The van der Waals surface area contributed by atoms with E-state index in [4.69, 9.17) is 16.3 Å². The number of carbonyl (C=O) groups excluding carboxylic acids is 1. The van der Waals surface area contributed by atoms with Crippen LogP contribution in [-0.2, 0) is 9.53 Å². The van der Waals surface area contributed by atoms with Gasteiger partial charge in [0.25, 0.3) is 0 Å². The highest BCUT2D eigenvalue weighted by Crippen LogP contribution is 2.22. The van der Waals surface area contributed by atoms with Crippen molar-refractivity contribution in [2.45, 2.75) is 26.7 Å². The number of anilines is 1. The molecule has 0 bridgehead atoms. The zero-order valence-corrected chi connectivity index (χ0v) is 16.4. The summed E-state index contributed by atoms with van der Waals surface area (Å²) in [6, 6.07) is 15.2. The summed E-state index contributed by atoms with van der Waals surface area (Å²) in [4.78, 5) is 18.8. The Balaban J connectivity index is 1.79. The highest BCUT2D eigenvalue weighted by Gasteiger charge is 2.24. The molecule has 1 aliphatic rings. The van der Waals surface area contributed by atoms with Crippen LogP contribution in [-0.4, -0.2) is 25.0 Å². The van der Waals surface area contributed by atoms with Crippen molar-refractivity contribution in [3.63, 3.8) is 0 Å². The molecule has 0 aromatic heterocycles. The first kappa shape index (κ1) is 19.2. The molecule has 0 unspecified atom stereocenters. The van der Waals surface area contributed by atoms with Crippen LogP contribution in [0.2, 0.25) is 5.02 Å². The summed E-state index contributed by atoms with van der Waals surface area (Å²) < 4.78 is 5.29. The van der Waals surface area contributed by atoms with Crippen LogP contribution in [0.3, 0.4) is 0 Å². The summed E-state index contributed by atoms with van der Waals surface area (Å²) in [5.74, 6) is -0.140. The van der Waals surface area contributed by atoms with Gasteiger partial charge in [-0.1, -0.05) is 37.6 Å². The van der Waals surface area contributed by atoms with Gasteiger partial charge < -0.3 is 9.64 Å². The fourth-order valence-corrected chi connectivity index (χ4v) is 3.10. The lowest BCUT2D eigenvalue weighted by Gasteiger charge is -2.23. The van der Waals surface area contributed by atoms with Gasteiger partial charge in [0.1, 0.15) is 0 Å². The maximum atomic E-state index is 12.1. The van der Waals surface area contributed by atoms with E-state index < -0.39 is 5.97 Å². The zero-order chi connectivity index (χ0) is 19.2. The predicted molar refractivity (Wildman–Crippen MR) is 111 cm³/mol. The van der Waals surface area contributed by atoms with Gasteiger partial charge in [-0.2, -0.15) is 0 Å². The summed E-state index contributed by atoms with van der Waals surface area (Å²) in [7, 11) is 0. The summed E-state index contributed by atoms with van der Waals surface area (Å²) >= 11 is 5.89. The minimum Gasteiger partial charge on any atom is -0.402 e. The normalized spacial score (nSPS) is 15.0. The Kier molecular flexibility index (Phi) is 6.30. The van der Waals surface area contributed by atoms with E-state index >= 15 is 0 Å². The number of benzene rings is 2. The summed E-state index contributed by atoms with van der Waals surface area (Å²) in [6.45, 7) is 6.44. The second-order valence-electron chi connectivity index (χ2n) is 6.42. The van der Waals surface area contributed by atoms with Crippen LogP contribution >= 0.6 is 11.6 Å². The first-order valence-electron chi connectivity index (χ1n) is 9.24. The molecule has 0 amide bonds. The van der Waals surface area contributed by atoms with E-state index in [1.165, 1.54) is 5.69 Å². The van der Waals surface area contributed by atoms with Gasteiger partial charge in [0.05, 0.1) is 0 Å². The Labute approximate surface area is 165 Å². The summed E-state index contributed by atoms with van der Waals surface area (Å²) in [6.07, 6.45) is 3.97. The van der Waals surface area contributed by atoms with Gasteiger partial charge >= 0.3 is 5.97 Å². The second-order valence-corrected chi connectivity index (χ2v) is 6.86. The predicted octanol–water partition coefficient (Wildman–Crippen LogP) is 5.31. The first-order valence-corrected chi connectivity index (χ1v) is 9.62. The van der Waals surface area contributed by atoms with Crippen LogP contribution in [0.4, 0.5) is 5.69 Å². The number of carbonyl (C=O) groups is 1. The third-order valence-electron chi connectivity index (χ3n) is 4.26. The summed E-state index contributed by atoms with van der Waals surface area (Å²) in [5, 5.41) is 0.625. The molecule has 0 aliphatic carbocycles. The molecule has 140 valence electrons. The van der Waals surface area contributed by atoms with Crippen LogP contribution in [0.1, 0.15) is 37.8 Å². The Morgan fingerprint density at radius 1 is 1.00 bits per heavy atom. The molecule has 5 heteroatoms. The highest BCUT2D eigenvalue weighted by molar-refractivity contribution is 6.30. The standard InChI is InChI=1S/C22H23ClN2O2/c1-3-13-25(14-4-2)19-11-5-16(6-12-19)15-20-22(26)27-21(24-20)17-7-9-18(23)10-8-17/h5-12,15H,3-4,13-14H2,1-2H3/b20-15-. The molecule has 2 aromatic rings. The van der Waals surface area contributed by atoms with Crippen molar-refractivity contribution in [1.82, 2.24) is 0 Å². The SMILES string of the molecule is CCCN(CCC)c1ccc(/C=C2\N=C(c3ccc(Cl)cc3)OC2=O)cc1. The number of halogens is 1. The lowest BCUT2D eigenvalue weighted by molar-refractivity contribution is -0.129. The molecule has 3 rings (SSSR count). The molecule has 1 heterocycles. The molecule has 4 nitrogen and oxygen atoms in total. The van der Waals surface area contributed by atoms with Crippen LogP contribution in [0, 0.1) is 0 Å². The lowest BCUT2D eigenvalue weighted by atomic mass is 10.1. The molecule has 0 spiro atoms. The molecule has 1 aliphatic heterocycles. The number of hydrogen-bond donors (Lipinski definition) is 0. The van der Waals surface area contributed by atoms with Crippen molar-refractivity contribution in [3.8, 4) is 0 Å². The molecule has 27 heavy (non-hydrogen) atoms. The number of cyclic esters (lactones) is 1. The van der Waals surface area contributed by atoms with Crippen LogP contribution in [0.5, 0.6) is 0 Å². The van der Waals surface area contributed by atoms with E-state index in [1.807, 2.05) is 12.1 Å².